The first kappa shape index (κ1) is 8.50. The molecule has 76 valence electrons. The van der Waals surface area contributed by atoms with Gasteiger partial charge < -0.3 is 14.3 Å². The van der Waals surface area contributed by atoms with Crippen molar-refractivity contribution in [1.29, 1.82) is 0 Å². The zero-order chi connectivity index (χ0) is 9.54. The van der Waals surface area contributed by atoms with Gasteiger partial charge in [-0.1, -0.05) is 0 Å². The molecule has 0 aromatic carbocycles. The molecule has 1 N–H and O–H groups in total. The molecule has 1 aromatic heterocycles. The van der Waals surface area contributed by atoms with Crippen LogP contribution in [-0.4, -0.2) is 17.3 Å². The summed E-state index contributed by atoms with van der Waals surface area (Å²) in [6.45, 7) is 0. The van der Waals surface area contributed by atoms with Crippen molar-refractivity contribution in [3.8, 4) is 0 Å². The summed E-state index contributed by atoms with van der Waals surface area (Å²) in [5.41, 5.74) is 0. The van der Waals surface area contributed by atoms with Gasteiger partial charge in [-0.15, -0.1) is 0 Å². The Balaban J connectivity index is 1.84. The second kappa shape index (κ2) is 3.11. The van der Waals surface area contributed by atoms with Crippen LogP contribution in [0.15, 0.2) is 22.8 Å². The molecule has 3 nitrogen and oxygen atoms in total. The Labute approximate surface area is 82.7 Å². The standard InChI is InChI=1S/C11H14O3/c12-8-4-3-7-6-10(8)14-11(7)9-2-1-5-13-9/h1-2,5,7-8,10-12H,3-4,6H2/t7-,8?,10-,11?/m0/s1. The molecule has 2 unspecified atom stereocenters. The second-order valence-electron chi connectivity index (χ2n) is 4.25. The maximum atomic E-state index is 9.66. The largest absolute Gasteiger partial charge is 0.467 e. The van der Waals surface area contributed by atoms with Gasteiger partial charge in [-0.3, -0.25) is 0 Å². The normalized spacial score (nSPS) is 41.5. The molecule has 1 saturated heterocycles. The van der Waals surface area contributed by atoms with Crippen molar-refractivity contribution in [3.63, 3.8) is 0 Å². The summed E-state index contributed by atoms with van der Waals surface area (Å²) in [5, 5.41) is 9.66. The van der Waals surface area contributed by atoms with Crippen molar-refractivity contribution in [2.75, 3.05) is 0 Å². The number of hydrogen-bond acceptors (Lipinski definition) is 3. The minimum Gasteiger partial charge on any atom is -0.467 e. The molecule has 0 radical (unpaired) electrons. The summed E-state index contributed by atoms with van der Waals surface area (Å²) in [6, 6.07) is 3.84. The van der Waals surface area contributed by atoms with Crippen molar-refractivity contribution in [2.45, 2.75) is 37.6 Å². The maximum Gasteiger partial charge on any atom is 0.132 e. The smallest absolute Gasteiger partial charge is 0.132 e. The predicted molar refractivity (Wildman–Crippen MR) is 49.7 cm³/mol. The lowest BCUT2D eigenvalue weighted by molar-refractivity contribution is -0.0358. The number of rotatable bonds is 1. The average Bonchev–Trinajstić information content (AvgIpc) is 2.80. The van der Waals surface area contributed by atoms with Crippen LogP contribution >= 0.6 is 0 Å². The monoisotopic (exact) mass is 194 g/mol. The van der Waals surface area contributed by atoms with E-state index in [4.69, 9.17) is 9.15 Å². The third kappa shape index (κ3) is 1.20. The Kier molecular flexibility index (Phi) is 1.89. The summed E-state index contributed by atoms with van der Waals surface area (Å²) in [6.07, 6.45) is 4.40. The lowest BCUT2D eigenvalue weighted by atomic mass is 9.85. The molecule has 0 amide bonds. The zero-order valence-electron chi connectivity index (χ0n) is 7.93. The molecule has 1 saturated carbocycles. The summed E-state index contributed by atoms with van der Waals surface area (Å²) < 4.78 is 11.2. The lowest BCUT2D eigenvalue weighted by Crippen LogP contribution is -2.28. The van der Waals surface area contributed by atoms with Gasteiger partial charge in [0.2, 0.25) is 0 Å². The van der Waals surface area contributed by atoms with Crippen molar-refractivity contribution >= 4 is 0 Å². The lowest BCUT2D eigenvalue weighted by Gasteiger charge is -2.21. The van der Waals surface area contributed by atoms with Gasteiger partial charge in [-0.05, 0) is 37.3 Å². The van der Waals surface area contributed by atoms with Crippen LogP contribution in [0.2, 0.25) is 0 Å². The fourth-order valence-corrected chi connectivity index (χ4v) is 2.62. The molecule has 1 aliphatic carbocycles. The van der Waals surface area contributed by atoms with Gasteiger partial charge in [-0.25, -0.2) is 0 Å². The molecule has 4 atom stereocenters. The SMILES string of the molecule is OC1CC[C@H]2C[C@@H]1OC2c1ccco1. The van der Waals surface area contributed by atoms with E-state index in [1.54, 1.807) is 6.26 Å². The van der Waals surface area contributed by atoms with Gasteiger partial charge in [0, 0.05) is 0 Å². The van der Waals surface area contributed by atoms with Crippen molar-refractivity contribution < 1.29 is 14.3 Å². The highest BCUT2D eigenvalue weighted by molar-refractivity contribution is 5.07. The maximum absolute atomic E-state index is 9.66. The Morgan fingerprint density at radius 1 is 1.36 bits per heavy atom. The second-order valence-corrected chi connectivity index (χ2v) is 4.25. The highest BCUT2D eigenvalue weighted by atomic mass is 16.5. The van der Waals surface area contributed by atoms with Crippen molar-refractivity contribution in [1.82, 2.24) is 0 Å². The van der Waals surface area contributed by atoms with Gasteiger partial charge in [0.1, 0.15) is 11.9 Å². The predicted octanol–water partition coefficient (Wildman–Crippen LogP) is 1.88. The van der Waals surface area contributed by atoms with E-state index in [1.807, 2.05) is 12.1 Å². The molecule has 0 spiro atoms. The number of aliphatic hydroxyl groups is 1. The minimum absolute atomic E-state index is 0.0313. The first-order valence-corrected chi connectivity index (χ1v) is 5.21. The quantitative estimate of drug-likeness (QED) is 0.742. The number of aliphatic hydroxyl groups excluding tert-OH is 1. The van der Waals surface area contributed by atoms with Crippen LogP contribution in [0.5, 0.6) is 0 Å². The van der Waals surface area contributed by atoms with E-state index < -0.39 is 0 Å². The van der Waals surface area contributed by atoms with Crippen LogP contribution in [0.25, 0.3) is 0 Å². The molecule has 14 heavy (non-hydrogen) atoms. The Bertz CT molecular complexity index is 306. The van der Waals surface area contributed by atoms with E-state index in [-0.39, 0.29) is 18.3 Å². The molecule has 2 aliphatic rings. The highest BCUT2D eigenvalue weighted by Crippen LogP contribution is 2.45. The van der Waals surface area contributed by atoms with E-state index in [0.29, 0.717) is 5.92 Å². The van der Waals surface area contributed by atoms with Gasteiger partial charge in [0.05, 0.1) is 18.5 Å². The summed E-state index contributed by atoms with van der Waals surface area (Å²) in [5.74, 6) is 1.45. The average molecular weight is 194 g/mol. The van der Waals surface area contributed by atoms with Crippen molar-refractivity contribution in [2.24, 2.45) is 5.92 Å². The van der Waals surface area contributed by atoms with Gasteiger partial charge in [0.15, 0.2) is 0 Å². The number of fused-ring (bicyclic) bond motifs is 2. The van der Waals surface area contributed by atoms with Gasteiger partial charge in [-0.2, -0.15) is 0 Å². The van der Waals surface area contributed by atoms with E-state index in [9.17, 15) is 5.11 Å². The molecule has 2 bridgehead atoms. The molecule has 3 rings (SSSR count). The van der Waals surface area contributed by atoms with Crippen LogP contribution in [0.3, 0.4) is 0 Å². The van der Waals surface area contributed by atoms with E-state index in [0.717, 1.165) is 25.0 Å². The molecule has 3 heteroatoms. The number of ether oxygens (including phenoxy) is 1. The molecule has 1 aliphatic heterocycles. The van der Waals surface area contributed by atoms with Crippen molar-refractivity contribution in [3.05, 3.63) is 24.2 Å². The summed E-state index contributed by atoms with van der Waals surface area (Å²) in [7, 11) is 0. The zero-order valence-corrected chi connectivity index (χ0v) is 7.93. The molecule has 2 fully saturated rings. The third-order valence-corrected chi connectivity index (χ3v) is 3.37. The highest BCUT2D eigenvalue weighted by Gasteiger charge is 2.44. The van der Waals surface area contributed by atoms with E-state index in [1.165, 1.54) is 0 Å². The number of furan rings is 1. The molecule has 1 aromatic rings. The first-order chi connectivity index (χ1) is 6.84. The van der Waals surface area contributed by atoms with E-state index in [2.05, 4.69) is 0 Å². The number of hydrogen-bond donors (Lipinski definition) is 1. The fourth-order valence-electron chi connectivity index (χ4n) is 2.62. The van der Waals surface area contributed by atoms with Gasteiger partial charge >= 0.3 is 0 Å². The molecular formula is C11H14O3. The Morgan fingerprint density at radius 2 is 2.29 bits per heavy atom. The Morgan fingerprint density at radius 3 is 3.00 bits per heavy atom. The summed E-state index contributed by atoms with van der Waals surface area (Å²) in [4.78, 5) is 0. The van der Waals surface area contributed by atoms with Crippen LogP contribution in [0.1, 0.15) is 31.1 Å². The van der Waals surface area contributed by atoms with E-state index >= 15 is 0 Å². The van der Waals surface area contributed by atoms with Crippen LogP contribution in [-0.2, 0) is 4.74 Å². The van der Waals surface area contributed by atoms with Gasteiger partial charge in [0.25, 0.3) is 0 Å². The van der Waals surface area contributed by atoms with Crippen LogP contribution < -0.4 is 0 Å². The minimum atomic E-state index is -0.272. The summed E-state index contributed by atoms with van der Waals surface area (Å²) >= 11 is 0. The Hall–Kier alpha value is -0.800. The molecule has 2 heterocycles. The first-order valence-electron chi connectivity index (χ1n) is 5.21. The molecular weight excluding hydrogens is 180 g/mol. The van der Waals surface area contributed by atoms with Crippen LogP contribution in [0.4, 0.5) is 0 Å². The topological polar surface area (TPSA) is 42.6 Å². The van der Waals surface area contributed by atoms with Crippen LogP contribution in [0, 0.1) is 5.92 Å². The fraction of sp³-hybridized carbons (Fsp3) is 0.636. The third-order valence-electron chi connectivity index (χ3n) is 3.37.